The van der Waals surface area contributed by atoms with Gasteiger partial charge in [-0.25, -0.2) is 0 Å². The van der Waals surface area contributed by atoms with Gasteiger partial charge in [0.2, 0.25) is 0 Å². The van der Waals surface area contributed by atoms with Crippen LogP contribution in [-0.2, 0) is 15.7 Å². The summed E-state index contributed by atoms with van der Waals surface area (Å²) in [5, 5.41) is 0.782. The summed E-state index contributed by atoms with van der Waals surface area (Å²) in [6.45, 7) is 0. The highest BCUT2D eigenvalue weighted by Crippen LogP contribution is 2.38. The van der Waals surface area contributed by atoms with E-state index in [2.05, 4.69) is 5.92 Å². The molecule has 0 amide bonds. The summed E-state index contributed by atoms with van der Waals surface area (Å²) < 4.78 is 28.2. The molecule has 0 aliphatic carbocycles. The SMILES string of the molecule is C#C/C=C\C=C(/Cc1cc(OC)cc2c1[PH](=O)CO2)OC. The van der Waals surface area contributed by atoms with Crippen LogP contribution >= 0.6 is 7.80 Å². The Kier molecular flexibility index (Phi) is 5.14. The molecule has 0 bridgehead atoms. The molecular formula is C16H17O4P. The van der Waals surface area contributed by atoms with Gasteiger partial charge in [0.15, 0.2) is 0 Å². The normalized spacial score (nSPS) is 17.2. The average Bonchev–Trinajstić information content (AvgIpc) is 2.87. The molecule has 1 aromatic rings. The molecule has 1 heterocycles. The van der Waals surface area contributed by atoms with E-state index in [4.69, 9.17) is 20.6 Å². The van der Waals surface area contributed by atoms with Gasteiger partial charge in [0, 0.05) is 12.5 Å². The molecule has 1 aliphatic heterocycles. The summed E-state index contributed by atoms with van der Waals surface area (Å²) in [6, 6.07) is 3.64. The van der Waals surface area contributed by atoms with Crippen molar-refractivity contribution in [3.05, 3.63) is 41.7 Å². The molecule has 1 atom stereocenters. The highest BCUT2D eigenvalue weighted by Gasteiger charge is 2.25. The lowest BCUT2D eigenvalue weighted by atomic mass is 10.1. The third-order valence-electron chi connectivity index (χ3n) is 3.13. The maximum absolute atomic E-state index is 12.1. The number of fused-ring (bicyclic) bond motifs is 1. The number of methoxy groups -OCH3 is 2. The fourth-order valence-electron chi connectivity index (χ4n) is 2.15. The van der Waals surface area contributed by atoms with Crippen LogP contribution in [-0.4, -0.2) is 20.6 Å². The fourth-order valence-corrected chi connectivity index (χ4v) is 3.51. The van der Waals surface area contributed by atoms with Crippen LogP contribution in [0.3, 0.4) is 0 Å². The first-order valence-corrected chi connectivity index (χ1v) is 8.04. The first-order chi connectivity index (χ1) is 10.2. The first kappa shape index (κ1) is 15.3. The molecule has 0 saturated carbocycles. The van der Waals surface area contributed by atoms with Crippen molar-refractivity contribution in [2.75, 3.05) is 20.6 Å². The molecule has 2 rings (SSSR count). The van der Waals surface area contributed by atoms with Crippen LogP contribution in [0.5, 0.6) is 11.5 Å². The van der Waals surface area contributed by atoms with E-state index in [-0.39, 0.29) is 6.35 Å². The van der Waals surface area contributed by atoms with Crippen LogP contribution in [0.4, 0.5) is 0 Å². The second kappa shape index (κ2) is 7.06. The van der Waals surface area contributed by atoms with Gasteiger partial charge in [-0.05, 0) is 23.8 Å². The highest BCUT2D eigenvalue weighted by molar-refractivity contribution is 7.54. The molecule has 0 saturated heterocycles. The molecule has 0 spiro atoms. The minimum atomic E-state index is -1.91. The Morgan fingerprint density at radius 3 is 3.00 bits per heavy atom. The van der Waals surface area contributed by atoms with Crippen LogP contribution in [0.25, 0.3) is 0 Å². The molecule has 5 heteroatoms. The smallest absolute Gasteiger partial charge is 0.143 e. The van der Waals surface area contributed by atoms with E-state index in [0.717, 1.165) is 16.6 Å². The molecule has 0 N–H and O–H groups in total. The lowest BCUT2D eigenvalue weighted by Crippen LogP contribution is -2.07. The summed E-state index contributed by atoms with van der Waals surface area (Å²) in [4.78, 5) is 0. The summed E-state index contributed by atoms with van der Waals surface area (Å²) in [5.74, 6) is 4.45. The van der Waals surface area contributed by atoms with Crippen LogP contribution in [0.1, 0.15) is 5.56 Å². The number of allylic oxidation sites excluding steroid dienone is 4. The van der Waals surface area contributed by atoms with Crippen molar-refractivity contribution in [2.24, 2.45) is 0 Å². The average molecular weight is 304 g/mol. The lowest BCUT2D eigenvalue weighted by molar-refractivity contribution is 0.283. The van der Waals surface area contributed by atoms with Crippen molar-refractivity contribution < 1.29 is 18.8 Å². The Morgan fingerprint density at radius 2 is 2.33 bits per heavy atom. The first-order valence-electron chi connectivity index (χ1n) is 6.42. The Labute approximate surface area is 125 Å². The maximum atomic E-state index is 12.1. The quantitative estimate of drug-likeness (QED) is 0.363. The number of hydrogen-bond donors (Lipinski definition) is 0. The van der Waals surface area contributed by atoms with E-state index in [9.17, 15) is 4.57 Å². The largest absolute Gasteiger partial charge is 0.501 e. The predicted octanol–water partition coefficient (Wildman–Crippen LogP) is 2.49. The van der Waals surface area contributed by atoms with Gasteiger partial charge >= 0.3 is 0 Å². The third kappa shape index (κ3) is 3.51. The van der Waals surface area contributed by atoms with E-state index in [1.165, 1.54) is 0 Å². The van der Waals surface area contributed by atoms with E-state index in [1.807, 2.05) is 6.07 Å². The number of terminal acetylenes is 1. The predicted molar refractivity (Wildman–Crippen MR) is 83.9 cm³/mol. The van der Waals surface area contributed by atoms with Gasteiger partial charge in [0.05, 0.1) is 25.3 Å². The van der Waals surface area contributed by atoms with Gasteiger partial charge in [-0.1, -0.05) is 12.0 Å². The Bertz CT molecular complexity index is 653. The van der Waals surface area contributed by atoms with Gasteiger partial charge in [-0.3, -0.25) is 0 Å². The third-order valence-corrected chi connectivity index (χ3v) is 4.66. The van der Waals surface area contributed by atoms with E-state index >= 15 is 0 Å². The zero-order chi connectivity index (χ0) is 15.2. The lowest BCUT2D eigenvalue weighted by Gasteiger charge is -2.11. The van der Waals surface area contributed by atoms with Crippen LogP contribution in [0, 0.1) is 12.3 Å². The summed E-state index contributed by atoms with van der Waals surface area (Å²) in [5.41, 5.74) is 0.896. The van der Waals surface area contributed by atoms with Crippen LogP contribution in [0.15, 0.2) is 36.1 Å². The molecule has 1 aliphatic rings. The Balaban J connectivity index is 2.37. The highest BCUT2D eigenvalue weighted by atomic mass is 31.1. The van der Waals surface area contributed by atoms with Gasteiger partial charge in [0.25, 0.3) is 0 Å². The summed E-state index contributed by atoms with van der Waals surface area (Å²) >= 11 is 0. The van der Waals surface area contributed by atoms with Crippen LogP contribution in [0.2, 0.25) is 0 Å². The van der Waals surface area contributed by atoms with Crippen molar-refractivity contribution in [1.82, 2.24) is 0 Å². The molecule has 110 valence electrons. The van der Waals surface area contributed by atoms with E-state index < -0.39 is 7.80 Å². The topological polar surface area (TPSA) is 44.8 Å². The minimum absolute atomic E-state index is 0.253. The van der Waals surface area contributed by atoms with Crippen molar-refractivity contribution in [3.8, 4) is 23.8 Å². The zero-order valence-electron chi connectivity index (χ0n) is 12.0. The van der Waals surface area contributed by atoms with Crippen LogP contribution < -0.4 is 14.8 Å². The second-order valence-corrected chi connectivity index (χ2v) is 6.05. The van der Waals surface area contributed by atoms with Gasteiger partial charge in [-0.2, -0.15) is 0 Å². The second-order valence-electron chi connectivity index (χ2n) is 4.41. The van der Waals surface area contributed by atoms with Crippen molar-refractivity contribution in [2.45, 2.75) is 6.42 Å². The molecular weight excluding hydrogens is 287 g/mol. The Morgan fingerprint density at radius 1 is 1.52 bits per heavy atom. The minimum Gasteiger partial charge on any atom is -0.501 e. The zero-order valence-corrected chi connectivity index (χ0v) is 13.0. The molecule has 1 unspecified atom stereocenters. The number of ether oxygens (including phenoxy) is 3. The standard InChI is InChI=1S/C16H17O4P/c1-4-5-6-7-13(18-2)8-12-9-14(19-3)10-15-16(12)21(17)11-20-15/h1,5-7,9-10,21H,8,11H2,2-3H3/b6-5-,13-7+. The summed E-state index contributed by atoms with van der Waals surface area (Å²) in [6.07, 6.45) is 11.0. The molecule has 4 nitrogen and oxygen atoms in total. The van der Waals surface area contributed by atoms with Crippen molar-refractivity contribution in [3.63, 3.8) is 0 Å². The Hall–Kier alpha value is -2.11. The molecule has 21 heavy (non-hydrogen) atoms. The monoisotopic (exact) mass is 304 g/mol. The summed E-state index contributed by atoms with van der Waals surface area (Å²) in [7, 11) is 1.28. The van der Waals surface area contributed by atoms with Crippen molar-refractivity contribution >= 4 is 13.1 Å². The number of benzene rings is 1. The van der Waals surface area contributed by atoms with Crippen molar-refractivity contribution in [1.29, 1.82) is 0 Å². The van der Waals surface area contributed by atoms with E-state index in [1.54, 1.807) is 38.5 Å². The maximum Gasteiger partial charge on any atom is 0.143 e. The fraction of sp³-hybridized carbons (Fsp3) is 0.250. The van der Waals surface area contributed by atoms with E-state index in [0.29, 0.717) is 17.9 Å². The number of rotatable bonds is 5. The molecule has 1 aromatic carbocycles. The van der Waals surface area contributed by atoms with Gasteiger partial charge < -0.3 is 18.8 Å². The number of hydrogen-bond acceptors (Lipinski definition) is 4. The molecule has 0 radical (unpaired) electrons. The molecule has 0 fully saturated rings. The van der Waals surface area contributed by atoms with Gasteiger partial charge in [-0.15, -0.1) is 6.42 Å². The molecule has 0 aromatic heterocycles. The van der Waals surface area contributed by atoms with Gasteiger partial charge in [0.1, 0.15) is 25.6 Å².